The van der Waals surface area contributed by atoms with E-state index in [2.05, 4.69) is 17.4 Å². The number of aryl methyl sites for hydroxylation is 2. The number of carbonyl (C=O) groups excluding carboxylic acids is 1. The number of ether oxygens (including phenoxy) is 1. The zero-order chi connectivity index (χ0) is 28.5. The summed E-state index contributed by atoms with van der Waals surface area (Å²) in [6.07, 6.45) is 1.70. The van der Waals surface area contributed by atoms with Crippen molar-refractivity contribution in [2.75, 3.05) is 10.9 Å². The first-order chi connectivity index (χ1) is 19.2. The molecule has 4 rings (SSSR count). The van der Waals surface area contributed by atoms with Gasteiger partial charge in [0.15, 0.2) is 6.61 Å². The standard InChI is InChI=1S/C32H33ClN2O4S/c1-24-8-20-31(21-9-24)40(37,38)35(22-27-12-14-28(33)15-13-27)29-16-18-30(19-17-29)39-23-32(36)34-25(2)10-11-26-6-4-3-5-7-26/h3-9,12-21,25H,10-11,22-23H2,1-2H3,(H,34,36)/t25-/m1/s1. The molecule has 0 fully saturated rings. The van der Waals surface area contributed by atoms with Gasteiger partial charge in [-0.1, -0.05) is 71.8 Å². The Balaban J connectivity index is 1.41. The third-order valence-electron chi connectivity index (χ3n) is 6.46. The summed E-state index contributed by atoms with van der Waals surface area (Å²) in [5.74, 6) is 0.256. The first-order valence-corrected chi connectivity index (χ1v) is 14.9. The molecule has 208 valence electrons. The topological polar surface area (TPSA) is 75.7 Å². The van der Waals surface area contributed by atoms with Gasteiger partial charge in [-0.15, -0.1) is 0 Å². The zero-order valence-electron chi connectivity index (χ0n) is 22.6. The van der Waals surface area contributed by atoms with Crippen LogP contribution in [0.2, 0.25) is 5.02 Å². The van der Waals surface area contributed by atoms with Crippen LogP contribution in [0.5, 0.6) is 5.75 Å². The minimum atomic E-state index is -3.86. The lowest BCUT2D eigenvalue weighted by molar-refractivity contribution is -0.123. The molecule has 0 aliphatic carbocycles. The number of benzene rings is 4. The van der Waals surface area contributed by atoms with Crippen LogP contribution in [0.4, 0.5) is 5.69 Å². The van der Waals surface area contributed by atoms with Crippen molar-refractivity contribution >= 4 is 33.2 Å². The van der Waals surface area contributed by atoms with E-state index in [0.717, 1.165) is 24.0 Å². The summed E-state index contributed by atoms with van der Waals surface area (Å²) in [5, 5.41) is 3.54. The molecular formula is C32H33ClN2O4S. The quantitative estimate of drug-likeness (QED) is 0.207. The van der Waals surface area contributed by atoms with Gasteiger partial charge in [0.25, 0.3) is 15.9 Å². The Kier molecular flexibility index (Phi) is 9.85. The van der Waals surface area contributed by atoms with E-state index < -0.39 is 10.0 Å². The highest BCUT2D eigenvalue weighted by molar-refractivity contribution is 7.92. The van der Waals surface area contributed by atoms with E-state index in [0.29, 0.717) is 16.5 Å². The Morgan fingerprint density at radius 3 is 2.17 bits per heavy atom. The molecule has 0 saturated carbocycles. The van der Waals surface area contributed by atoms with Crippen LogP contribution in [-0.4, -0.2) is 27.0 Å². The fourth-order valence-corrected chi connectivity index (χ4v) is 5.76. The number of amides is 1. The van der Waals surface area contributed by atoms with Gasteiger partial charge in [-0.05, 0) is 86.3 Å². The second-order valence-electron chi connectivity index (χ2n) is 9.73. The summed E-state index contributed by atoms with van der Waals surface area (Å²) in [5.41, 5.74) is 3.47. The van der Waals surface area contributed by atoms with E-state index >= 15 is 0 Å². The highest BCUT2D eigenvalue weighted by Gasteiger charge is 2.25. The fourth-order valence-electron chi connectivity index (χ4n) is 4.18. The summed E-state index contributed by atoms with van der Waals surface area (Å²) in [6.45, 7) is 3.87. The molecule has 8 heteroatoms. The number of hydrogen-bond acceptors (Lipinski definition) is 4. The van der Waals surface area contributed by atoms with Crippen molar-refractivity contribution in [3.05, 3.63) is 125 Å². The Labute approximate surface area is 241 Å². The second-order valence-corrected chi connectivity index (χ2v) is 12.0. The van der Waals surface area contributed by atoms with Crippen LogP contribution >= 0.6 is 11.6 Å². The SMILES string of the molecule is Cc1ccc(S(=O)(=O)N(Cc2ccc(Cl)cc2)c2ccc(OCC(=O)N[C@H](C)CCc3ccccc3)cc2)cc1. The molecular weight excluding hydrogens is 544 g/mol. The number of nitrogens with one attached hydrogen (secondary N) is 1. The molecule has 40 heavy (non-hydrogen) atoms. The van der Waals surface area contributed by atoms with E-state index in [1.807, 2.05) is 32.0 Å². The number of nitrogens with zero attached hydrogens (tertiary/aromatic N) is 1. The molecule has 0 aliphatic rings. The first-order valence-electron chi connectivity index (χ1n) is 13.1. The maximum atomic E-state index is 13.7. The van der Waals surface area contributed by atoms with Crippen molar-refractivity contribution in [1.29, 1.82) is 0 Å². The van der Waals surface area contributed by atoms with E-state index in [4.69, 9.17) is 16.3 Å². The van der Waals surface area contributed by atoms with Crippen molar-refractivity contribution in [3.63, 3.8) is 0 Å². The van der Waals surface area contributed by atoms with Crippen molar-refractivity contribution < 1.29 is 17.9 Å². The van der Waals surface area contributed by atoms with E-state index in [1.54, 1.807) is 72.8 Å². The van der Waals surface area contributed by atoms with Gasteiger partial charge in [0, 0.05) is 11.1 Å². The van der Waals surface area contributed by atoms with Crippen molar-refractivity contribution in [2.45, 2.75) is 44.2 Å². The van der Waals surface area contributed by atoms with Crippen molar-refractivity contribution in [2.24, 2.45) is 0 Å². The Morgan fingerprint density at radius 2 is 1.52 bits per heavy atom. The van der Waals surface area contributed by atoms with Gasteiger partial charge in [-0.2, -0.15) is 0 Å². The minimum Gasteiger partial charge on any atom is -0.484 e. The van der Waals surface area contributed by atoms with Gasteiger partial charge in [0.05, 0.1) is 17.1 Å². The van der Waals surface area contributed by atoms with Gasteiger partial charge in [0.2, 0.25) is 0 Å². The minimum absolute atomic E-state index is 0.00656. The lowest BCUT2D eigenvalue weighted by Gasteiger charge is -2.25. The molecule has 0 aromatic heterocycles. The molecule has 1 amide bonds. The third-order valence-corrected chi connectivity index (χ3v) is 8.50. The molecule has 4 aromatic rings. The molecule has 6 nitrogen and oxygen atoms in total. The molecule has 1 atom stereocenters. The normalized spacial score (nSPS) is 12.0. The van der Waals surface area contributed by atoms with Crippen LogP contribution in [0, 0.1) is 6.92 Å². The van der Waals surface area contributed by atoms with Crippen LogP contribution in [0.3, 0.4) is 0 Å². The Morgan fingerprint density at radius 1 is 0.875 bits per heavy atom. The molecule has 1 N–H and O–H groups in total. The summed E-state index contributed by atoms with van der Waals surface area (Å²) in [7, 11) is -3.86. The number of sulfonamides is 1. The highest BCUT2D eigenvalue weighted by atomic mass is 35.5. The molecule has 0 spiro atoms. The van der Waals surface area contributed by atoms with Crippen LogP contribution in [0.25, 0.3) is 0 Å². The lowest BCUT2D eigenvalue weighted by atomic mass is 10.1. The number of halogens is 1. The van der Waals surface area contributed by atoms with Crippen LogP contribution in [0.15, 0.2) is 108 Å². The number of rotatable bonds is 12. The van der Waals surface area contributed by atoms with Crippen LogP contribution in [-0.2, 0) is 27.8 Å². The fraction of sp³-hybridized carbons (Fsp3) is 0.219. The first kappa shape index (κ1) is 29.2. The van der Waals surface area contributed by atoms with Crippen molar-refractivity contribution in [1.82, 2.24) is 5.32 Å². The largest absolute Gasteiger partial charge is 0.484 e. The zero-order valence-corrected chi connectivity index (χ0v) is 24.2. The number of anilines is 1. The van der Waals surface area contributed by atoms with Gasteiger partial charge in [0.1, 0.15) is 5.75 Å². The maximum Gasteiger partial charge on any atom is 0.264 e. The third kappa shape index (κ3) is 8.10. The molecule has 4 aromatic carbocycles. The average Bonchev–Trinajstić information content (AvgIpc) is 2.96. The maximum absolute atomic E-state index is 13.7. The molecule has 0 heterocycles. The van der Waals surface area contributed by atoms with Gasteiger partial charge >= 0.3 is 0 Å². The smallest absolute Gasteiger partial charge is 0.264 e. The van der Waals surface area contributed by atoms with Gasteiger partial charge in [-0.25, -0.2) is 8.42 Å². The summed E-state index contributed by atoms with van der Waals surface area (Å²) < 4.78 is 34.4. The van der Waals surface area contributed by atoms with Crippen molar-refractivity contribution in [3.8, 4) is 5.75 Å². The van der Waals surface area contributed by atoms with Gasteiger partial charge in [-0.3, -0.25) is 9.10 Å². The molecule has 0 unspecified atom stereocenters. The van der Waals surface area contributed by atoms with E-state index in [1.165, 1.54) is 9.87 Å². The highest BCUT2D eigenvalue weighted by Crippen LogP contribution is 2.28. The van der Waals surface area contributed by atoms with E-state index in [9.17, 15) is 13.2 Å². The molecule has 0 bridgehead atoms. The van der Waals surface area contributed by atoms with Crippen LogP contribution in [0.1, 0.15) is 30.0 Å². The summed E-state index contributed by atoms with van der Waals surface area (Å²) in [6, 6.07) is 30.7. The van der Waals surface area contributed by atoms with Crippen LogP contribution < -0.4 is 14.4 Å². The predicted octanol–water partition coefficient (Wildman–Crippen LogP) is 6.56. The number of hydrogen-bond donors (Lipinski definition) is 1. The Bertz CT molecular complexity index is 1490. The summed E-state index contributed by atoms with van der Waals surface area (Å²) >= 11 is 6.03. The second kappa shape index (κ2) is 13.5. The number of carbonyl (C=O) groups is 1. The van der Waals surface area contributed by atoms with E-state index in [-0.39, 0.29) is 30.0 Å². The average molecular weight is 577 g/mol. The molecule has 0 saturated heterocycles. The van der Waals surface area contributed by atoms with Gasteiger partial charge < -0.3 is 10.1 Å². The molecule has 0 aliphatic heterocycles. The monoisotopic (exact) mass is 576 g/mol. The summed E-state index contributed by atoms with van der Waals surface area (Å²) in [4.78, 5) is 12.6. The predicted molar refractivity (Wildman–Crippen MR) is 160 cm³/mol. The molecule has 0 radical (unpaired) electrons. The Hall–Kier alpha value is -3.81. The lowest BCUT2D eigenvalue weighted by Crippen LogP contribution is -2.36.